The highest BCUT2D eigenvalue weighted by atomic mass is 16.7. The summed E-state index contributed by atoms with van der Waals surface area (Å²) in [6, 6.07) is 30.8. The van der Waals surface area contributed by atoms with Gasteiger partial charge in [-0.2, -0.15) is 0 Å². The number of benzene rings is 3. The van der Waals surface area contributed by atoms with Crippen molar-refractivity contribution in [1.29, 1.82) is 0 Å². The van der Waals surface area contributed by atoms with Gasteiger partial charge in [-0.25, -0.2) is 5.06 Å². The van der Waals surface area contributed by atoms with Crippen molar-refractivity contribution in [2.75, 3.05) is 5.06 Å². The van der Waals surface area contributed by atoms with Gasteiger partial charge in [0.2, 0.25) is 0 Å². The van der Waals surface area contributed by atoms with Crippen LogP contribution in [0.3, 0.4) is 0 Å². The number of para-hydroxylation sites is 1. The molecule has 0 fully saturated rings. The molecule has 0 heterocycles. The number of rotatable bonds is 6. The van der Waals surface area contributed by atoms with Gasteiger partial charge in [0.15, 0.2) is 0 Å². The molecule has 0 amide bonds. The van der Waals surface area contributed by atoms with Crippen molar-refractivity contribution in [1.82, 2.24) is 0 Å². The molecular formula is C20H19NO. The molecule has 0 saturated heterocycles. The van der Waals surface area contributed by atoms with Crippen molar-refractivity contribution in [3.05, 3.63) is 102 Å². The molecule has 0 aromatic heterocycles. The highest BCUT2D eigenvalue weighted by molar-refractivity contribution is 5.44. The van der Waals surface area contributed by atoms with Gasteiger partial charge in [-0.05, 0) is 23.3 Å². The molecule has 0 aliphatic rings. The zero-order chi connectivity index (χ0) is 15.0. The fraction of sp³-hybridized carbons (Fsp3) is 0.100. The Balaban J connectivity index is 1.74. The van der Waals surface area contributed by atoms with Crippen LogP contribution in [0.5, 0.6) is 0 Å². The molecule has 2 heteroatoms. The van der Waals surface area contributed by atoms with Crippen LogP contribution in [-0.2, 0) is 18.0 Å². The summed E-state index contributed by atoms with van der Waals surface area (Å²) in [5.74, 6) is 0. The molecule has 3 aromatic rings. The monoisotopic (exact) mass is 289 g/mol. The van der Waals surface area contributed by atoms with E-state index in [1.54, 1.807) is 0 Å². The topological polar surface area (TPSA) is 12.5 Å². The molecule has 0 spiro atoms. The van der Waals surface area contributed by atoms with Crippen LogP contribution in [-0.4, -0.2) is 0 Å². The Morgan fingerprint density at radius 1 is 0.591 bits per heavy atom. The Hall–Kier alpha value is -2.58. The second-order valence-electron chi connectivity index (χ2n) is 5.12. The van der Waals surface area contributed by atoms with E-state index >= 15 is 0 Å². The maximum absolute atomic E-state index is 6.05. The average Bonchev–Trinajstić information content (AvgIpc) is 2.61. The molecule has 0 bridgehead atoms. The predicted octanol–water partition coefficient (Wildman–Crippen LogP) is 4.83. The number of nitrogens with zero attached hydrogens (tertiary/aromatic N) is 1. The van der Waals surface area contributed by atoms with Crippen molar-refractivity contribution in [2.24, 2.45) is 0 Å². The van der Waals surface area contributed by atoms with Gasteiger partial charge in [0.25, 0.3) is 0 Å². The standard InChI is InChI=1S/C20H19NO/c1-4-10-18(11-5-1)16-21(20-14-8-3-9-15-20)22-17-19-12-6-2-7-13-19/h1-15H,16-17H2. The highest BCUT2D eigenvalue weighted by Crippen LogP contribution is 2.18. The molecule has 0 N–H and O–H groups in total. The second-order valence-corrected chi connectivity index (χ2v) is 5.12. The van der Waals surface area contributed by atoms with E-state index in [0.29, 0.717) is 6.61 Å². The molecule has 0 aliphatic carbocycles. The molecule has 0 radical (unpaired) electrons. The first-order valence-corrected chi connectivity index (χ1v) is 7.45. The summed E-state index contributed by atoms with van der Waals surface area (Å²) >= 11 is 0. The minimum Gasteiger partial charge on any atom is -0.268 e. The molecule has 22 heavy (non-hydrogen) atoms. The average molecular weight is 289 g/mol. The van der Waals surface area contributed by atoms with Gasteiger partial charge < -0.3 is 0 Å². The summed E-state index contributed by atoms with van der Waals surface area (Å²) in [7, 11) is 0. The van der Waals surface area contributed by atoms with Gasteiger partial charge in [-0.1, -0.05) is 78.9 Å². The molecule has 0 aliphatic heterocycles. The summed E-state index contributed by atoms with van der Waals surface area (Å²) in [5, 5.41) is 1.95. The predicted molar refractivity (Wildman–Crippen MR) is 90.3 cm³/mol. The Labute approximate surface area is 131 Å². The maximum Gasteiger partial charge on any atom is 0.0999 e. The van der Waals surface area contributed by atoms with Crippen LogP contribution >= 0.6 is 0 Å². The lowest BCUT2D eigenvalue weighted by molar-refractivity contribution is 0.0909. The van der Waals surface area contributed by atoms with Crippen molar-refractivity contribution in [3.8, 4) is 0 Å². The van der Waals surface area contributed by atoms with Crippen LogP contribution in [0.15, 0.2) is 91.0 Å². The zero-order valence-corrected chi connectivity index (χ0v) is 12.4. The summed E-state index contributed by atoms with van der Waals surface area (Å²) in [5.41, 5.74) is 3.44. The SMILES string of the molecule is c1ccc(CON(Cc2ccccc2)c2ccccc2)cc1. The highest BCUT2D eigenvalue weighted by Gasteiger charge is 2.08. The van der Waals surface area contributed by atoms with Crippen LogP contribution in [0.4, 0.5) is 5.69 Å². The fourth-order valence-electron chi connectivity index (χ4n) is 2.28. The molecule has 0 unspecified atom stereocenters. The first-order chi connectivity index (χ1) is 10.9. The van der Waals surface area contributed by atoms with E-state index < -0.39 is 0 Å². The van der Waals surface area contributed by atoms with Crippen LogP contribution in [0.1, 0.15) is 11.1 Å². The van der Waals surface area contributed by atoms with E-state index in [1.165, 1.54) is 5.56 Å². The van der Waals surface area contributed by atoms with E-state index in [0.717, 1.165) is 17.8 Å². The van der Waals surface area contributed by atoms with Crippen molar-refractivity contribution in [3.63, 3.8) is 0 Å². The van der Waals surface area contributed by atoms with Gasteiger partial charge in [-0.3, -0.25) is 4.84 Å². The van der Waals surface area contributed by atoms with Crippen molar-refractivity contribution >= 4 is 5.69 Å². The van der Waals surface area contributed by atoms with E-state index in [-0.39, 0.29) is 0 Å². The molecule has 3 rings (SSSR count). The molecule has 2 nitrogen and oxygen atoms in total. The first kappa shape index (κ1) is 14.4. The van der Waals surface area contributed by atoms with E-state index in [1.807, 2.05) is 47.5 Å². The Morgan fingerprint density at radius 3 is 1.68 bits per heavy atom. The van der Waals surface area contributed by atoms with Crippen molar-refractivity contribution in [2.45, 2.75) is 13.2 Å². The van der Waals surface area contributed by atoms with Crippen LogP contribution in [0, 0.1) is 0 Å². The van der Waals surface area contributed by atoms with Crippen LogP contribution < -0.4 is 5.06 Å². The molecule has 110 valence electrons. The van der Waals surface area contributed by atoms with Gasteiger partial charge in [0.1, 0.15) is 0 Å². The van der Waals surface area contributed by atoms with Gasteiger partial charge in [0.05, 0.1) is 18.8 Å². The van der Waals surface area contributed by atoms with E-state index in [2.05, 4.69) is 48.5 Å². The molecule has 3 aromatic carbocycles. The van der Waals surface area contributed by atoms with E-state index in [9.17, 15) is 0 Å². The summed E-state index contributed by atoms with van der Waals surface area (Å²) in [6.07, 6.45) is 0. The quantitative estimate of drug-likeness (QED) is 0.603. The molecular weight excluding hydrogens is 270 g/mol. The Morgan fingerprint density at radius 2 is 1.09 bits per heavy atom. The molecule has 0 atom stereocenters. The summed E-state index contributed by atoms with van der Waals surface area (Å²) in [6.45, 7) is 1.28. The smallest absolute Gasteiger partial charge is 0.0999 e. The largest absolute Gasteiger partial charge is 0.268 e. The Kier molecular flexibility index (Phi) is 4.85. The second kappa shape index (κ2) is 7.43. The fourth-order valence-corrected chi connectivity index (χ4v) is 2.28. The summed E-state index contributed by atoms with van der Waals surface area (Å²) in [4.78, 5) is 6.05. The number of hydrogen-bond acceptors (Lipinski definition) is 2. The van der Waals surface area contributed by atoms with Crippen LogP contribution in [0.25, 0.3) is 0 Å². The molecule has 0 saturated carbocycles. The number of anilines is 1. The lowest BCUT2D eigenvalue weighted by Crippen LogP contribution is -2.22. The third-order valence-electron chi connectivity index (χ3n) is 3.44. The number of hydroxylamine groups is 1. The normalized spacial score (nSPS) is 10.4. The van der Waals surface area contributed by atoms with Crippen molar-refractivity contribution < 1.29 is 4.84 Å². The lowest BCUT2D eigenvalue weighted by atomic mass is 10.2. The van der Waals surface area contributed by atoms with Gasteiger partial charge in [0, 0.05) is 0 Å². The van der Waals surface area contributed by atoms with Gasteiger partial charge >= 0.3 is 0 Å². The lowest BCUT2D eigenvalue weighted by Gasteiger charge is -2.24. The van der Waals surface area contributed by atoms with Crippen LogP contribution in [0.2, 0.25) is 0 Å². The summed E-state index contributed by atoms with van der Waals surface area (Å²) < 4.78 is 0. The minimum atomic E-state index is 0.558. The number of hydrogen-bond donors (Lipinski definition) is 0. The zero-order valence-electron chi connectivity index (χ0n) is 12.4. The van der Waals surface area contributed by atoms with Gasteiger partial charge in [-0.15, -0.1) is 0 Å². The maximum atomic E-state index is 6.05. The third-order valence-corrected chi connectivity index (χ3v) is 3.44. The van der Waals surface area contributed by atoms with E-state index in [4.69, 9.17) is 4.84 Å². The first-order valence-electron chi connectivity index (χ1n) is 7.45. The Bertz CT molecular complexity index is 668. The minimum absolute atomic E-state index is 0.558. The third kappa shape index (κ3) is 3.96.